The Hall–Kier alpha value is -2.47. The van der Waals surface area contributed by atoms with E-state index in [0.717, 1.165) is 5.56 Å². The van der Waals surface area contributed by atoms with Crippen molar-refractivity contribution in [1.82, 2.24) is 0 Å². The van der Waals surface area contributed by atoms with Crippen LogP contribution in [0.2, 0.25) is 0 Å². The number of hydrogen-bond acceptors (Lipinski definition) is 10. The maximum absolute atomic E-state index is 12.9. The van der Waals surface area contributed by atoms with Crippen molar-refractivity contribution in [1.29, 1.82) is 0 Å². The number of aromatic hydroxyl groups is 1. The molecule has 0 radical (unpaired) electrons. The molecule has 4 aliphatic heterocycles. The van der Waals surface area contributed by atoms with Gasteiger partial charge in [-0.05, 0) is 31.4 Å². The molecule has 4 heterocycles. The number of epoxide rings is 1. The van der Waals surface area contributed by atoms with Gasteiger partial charge in [-0.25, -0.2) is 0 Å². The van der Waals surface area contributed by atoms with Crippen LogP contribution in [0.15, 0.2) is 6.07 Å². The van der Waals surface area contributed by atoms with Crippen molar-refractivity contribution in [2.45, 2.75) is 61.9 Å². The number of fused-ring (bicyclic) bond motifs is 8. The van der Waals surface area contributed by atoms with Crippen LogP contribution in [-0.2, 0) is 30.1 Å². The standard InChI is InChI=1S/C25H26O10/c1-10-8-12-16(17(27)15-11(18(12)29-2)6-5-7-13(15)26)19-14(10)20-21-24(28,33-19)23(9-32-23)25(34-20,35-21)22(30-3)31-4/h8,20-22,27-28H,5-7,9H2,1-4H3/t20?,21?,23-,24+,25?/m0/s1. The maximum Gasteiger partial charge on any atom is 0.274 e. The molecule has 1 aliphatic carbocycles. The molecule has 2 N–H and O–H groups in total. The zero-order valence-corrected chi connectivity index (χ0v) is 19.8. The number of ether oxygens (including phenoxy) is 7. The lowest BCUT2D eigenvalue weighted by Crippen LogP contribution is -2.69. The smallest absolute Gasteiger partial charge is 0.274 e. The Labute approximate surface area is 200 Å². The summed E-state index contributed by atoms with van der Waals surface area (Å²) in [6.45, 7) is 1.99. The normalized spacial score (nSPS) is 36.0. The molecule has 0 aromatic heterocycles. The van der Waals surface area contributed by atoms with Crippen LogP contribution in [0.5, 0.6) is 17.2 Å². The van der Waals surface area contributed by atoms with Crippen molar-refractivity contribution in [2.75, 3.05) is 27.9 Å². The summed E-state index contributed by atoms with van der Waals surface area (Å²) < 4.78 is 41.6. The fourth-order valence-electron chi connectivity index (χ4n) is 6.72. The van der Waals surface area contributed by atoms with Crippen LogP contribution < -0.4 is 9.47 Å². The molecule has 3 unspecified atom stereocenters. The van der Waals surface area contributed by atoms with Crippen LogP contribution in [0.3, 0.4) is 0 Å². The van der Waals surface area contributed by atoms with E-state index in [1.54, 1.807) is 7.11 Å². The van der Waals surface area contributed by atoms with E-state index in [2.05, 4.69) is 0 Å². The van der Waals surface area contributed by atoms with Crippen molar-refractivity contribution >= 4 is 16.6 Å². The van der Waals surface area contributed by atoms with Gasteiger partial charge in [0.15, 0.2) is 11.9 Å². The average Bonchev–Trinajstić information content (AvgIpc) is 3.51. The fraction of sp³-hybridized carbons (Fsp3) is 0.560. The van der Waals surface area contributed by atoms with Crippen LogP contribution in [0, 0.1) is 6.92 Å². The molecule has 0 amide bonds. The molecule has 2 aromatic carbocycles. The van der Waals surface area contributed by atoms with Gasteiger partial charge in [-0.3, -0.25) is 4.79 Å². The van der Waals surface area contributed by atoms with Crippen molar-refractivity contribution in [3.05, 3.63) is 28.3 Å². The minimum atomic E-state index is -1.95. The molecule has 5 atom stereocenters. The third kappa shape index (κ3) is 2.21. The molecule has 10 heteroatoms. The number of Topliss-reactive ketones (excluding diaryl/α,β-unsaturated/α-hetero) is 1. The molecule has 2 aromatic rings. The van der Waals surface area contributed by atoms with Gasteiger partial charge in [-0.1, -0.05) is 0 Å². The molecule has 2 bridgehead atoms. The lowest BCUT2D eigenvalue weighted by atomic mass is 9.78. The summed E-state index contributed by atoms with van der Waals surface area (Å²) in [4.78, 5) is 12.9. The van der Waals surface area contributed by atoms with Crippen molar-refractivity contribution < 1.29 is 48.2 Å². The Morgan fingerprint density at radius 2 is 1.91 bits per heavy atom. The van der Waals surface area contributed by atoms with E-state index < -0.39 is 35.7 Å². The number of aryl methyl sites for hydroxylation is 1. The monoisotopic (exact) mass is 486 g/mol. The van der Waals surface area contributed by atoms with Gasteiger partial charge in [0.25, 0.3) is 11.6 Å². The lowest BCUT2D eigenvalue weighted by Gasteiger charge is -2.47. The summed E-state index contributed by atoms with van der Waals surface area (Å²) in [5.74, 6) is -3.09. The molecule has 3 saturated heterocycles. The lowest BCUT2D eigenvalue weighted by molar-refractivity contribution is -0.344. The first kappa shape index (κ1) is 21.8. The highest BCUT2D eigenvalue weighted by atomic mass is 16.9. The summed E-state index contributed by atoms with van der Waals surface area (Å²) in [5.41, 5.74) is 0.939. The van der Waals surface area contributed by atoms with Gasteiger partial charge in [0.1, 0.15) is 23.4 Å². The average molecular weight is 486 g/mol. The molecular formula is C25H26O10. The summed E-state index contributed by atoms with van der Waals surface area (Å²) in [5, 5.41) is 24.3. The van der Waals surface area contributed by atoms with E-state index in [-0.39, 0.29) is 29.5 Å². The van der Waals surface area contributed by atoms with Crippen LogP contribution >= 0.6 is 0 Å². The van der Waals surface area contributed by atoms with Crippen molar-refractivity contribution in [3.63, 3.8) is 0 Å². The number of hydrogen-bond donors (Lipinski definition) is 2. The summed E-state index contributed by atoms with van der Waals surface area (Å²) in [7, 11) is 4.45. The van der Waals surface area contributed by atoms with Crippen molar-refractivity contribution in [3.8, 4) is 17.2 Å². The minimum Gasteiger partial charge on any atom is -0.506 e. The zero-order chi connectivity index (χ0) is 24.5. The minimum absolute atomic E-state index is 0.0954. The SMILES string of the molecule is COc1c2c(c(O)c3c4c(c(C)cc13)C1OC3(C(OC)OC)OC1[C@@](O)(O4)[C@@]31CO1)C(=O)CCC2. The Balaban J connectivity index is 1.53. The Bertz CT molecular complexity index is 1310. The number of rotatable bonds is 4. The number of carbonyl (C=O) groups excluding carboxylic acids is 1. The topological polar surface area (TPSA) is 125 Å². The second-order valence-corrected chi connectivity index (χ2v) is 9.83. The summed E-state index contributed by atoms with van der Waals surface area (Å²) >= 11 is 0. The van der Waals surface area contributed by atoms with E-state index >= 15 is 0 Å². The largest absolute Gasteiger partial charge is 0.506 e. The summed E-state index contributed by atoms with van der Waals surface area (Å²) in [6, 6.07) is 1.88. The second-order valence-electron chi connectivity index (χ2n) is 9.83. The first-order chi connectivity index (χ1) is 16.8. The molecule has 35 heavy (non-hydrogen) atoms. The number of benzene rings is 2. The predicted octanol–water partition coefficient (Wildman–Crippen LogP) is 2.02. The highest BCUT2D eigenvalue weighted by Gasteiger charge is 2.92. The van der Waals surface area contributed by atoms with E-state index in [0.29, 0.717) is 46.9 Å². The molecular weight excluding hydrogens is 460 g/mol. The van der Waals surface area contributed by atoms with Gasteiger partial charge in [0.05, 0.1) is 24.7 Å². The molecule has 1 spiro atoms. The van der Waals surface area contributed by atoms with Gasteiger partial charge in [0, 0.05) is 37.2 Å². The van der Waals surface area contributed by atoms with Crippen LogP contribution in [0.25, 0.3) is 10.8 Å². The number of phenolic OH excluding ortho intramolecular Hbond substituents is 1. The molecule has 7 rings (SSSR count). The van der Waals surface area contributed by atoms with Crippen LogP contribution in [0.1, 0.15) is 46.0 Å². The number of ketones is 1. The number of carbonyl (C=O) groups is 1. The highest BCUT2D eigenvalue weighted by molar-refractivity contribution is 6.11. The van der Waals surface area contributed by atoms with Gasteiger partial charge in [0.2, 0.25) is 11.9 Å². The Morgan fingerprint density at radius 3 is 2.57 bits per heavy atom. The quantitative estimate of drug-likeness (QED) is 0.490. The van der Waals surface area contributed by atoms with Gasteiger partial charge >= 0.3 is 0 Å². The first-order valence-corrected chi connectivity index (χ1v) is 11.7. The zero-order valence-electron chi connectivity index (χ0n) is 19.8. The Morgan fingerprint density at radius 1 is 1.17 bits per heavy atom. The fourth-order valence-corrected chi connectivity index (χ4v) is 6.72. The third-order valence-corrected chi connectivity index (χ3v) is 8.25. The first-order valence-electron chi connectivity index (χ1n) is 11.7. The van der Waals surface area contributed by atoms with Crippen molar-refractivity contribution in [2.24, 2.45) is 0 Å². The van der Waals surface area contributed by atoms with Crippen LogP contribution in [-0.4, -0.2) is 73.5 Å². The van der Waals surface area contributed by atoms with E-state index in [4.69, 9.17) is 33.2 Å². The predicted molar refractivity (Wildman–Crippen MR) is 118 cm³/mol. The maximum atomic E-state index is 12.9. The summed E-state index contributed by atoms with van der Waals surface area (Å²) in [6.07, 6.45) is -1.03. The molecule has 3 fully saturated rings. The molecule has 186 valence electrons. The van der Waals surface area contributed by atoms with Gasteiger partial charge in [-0.15, -0.1) is 0 Å². The highest BCUT2D eigenvalue weighted by Crippen LogP contribution is 2.71. The van der Waals surface area contributed by atoms with Gasteiger partial charge < -0.3 is 43.4 Å². The van der Waals surface area contributed by atoms with E-state index in [1.807, 2.05) is 13.0 Å². The molecule has 0 saturated carbocycles. The van der Waals surface area contributed by atoms with Crippen LogP contribution in [0.4, 0.5) is 0 Å². The van der Waals surface area contributed by atoms with E-state index in [9.17, 15) is 15.0 Å². The second kappa shape index (κ2) is 6.64. The van der Waals surface area contributed by atoms with E-state index in [1.165, 1.54) is 14.2 Å². The molecule has 5 aliphatic rings. The number of aliphatic hydroxyl groups is 1. The Kier molecular flexibility index (Phi) is 4.13. The number of methoxy groups -OCH3 is 3. The molecule has 10 nitrogen and oxygen atoms in total. The number of phenols is 1. The van der Waals surface area contributed by atoms with Gasteiger partial charge in [-0.2, -0.15) is 0 Å². The third-order valence-electron chi connectivity index (χ3n) is 8.25.